The molecular weight excluding hydrogens is 224 g/mol. The predicted octanol–water partition coefficient (Wildman–Crippen LogP) is 3.69. The van der Waals surface area contributed by atoms with Crippen LogP contribution in [0.5, 0.6) is 5.75 Å². The lowest BCUT2D eigenvalue weighted by atomic mass is 10.00. The van der Waals surface area contributed by atoms with Crippen LogP contribution in [0.25, 0.3) is 10.4 Å². The van der Waals surface area contributed by atoms with E-state index in [0.717, 1.165) is 5.56 Å². The molecule has 1 aliphatic rings. The molecule has 3 nitrogen and oxygen atoms in total. The van der Waals surface area contributed by atoms with E-state index in [4.69, 9.17) is 16.6 Å². The summed E-state index contributed by atoms with van der Waals surface area (Å²) < 4.78 is 5.67. The zero-order valence-corrected chi connectivity index (χ0v) is 9.84. The molecule has 3 heteroatoms. The molecule has 18 heavy (non-hydrogen) atoms. The Hall–Kier alpha value is -2.78. The minimum atomic E-state index is 0.0766. The Morgan fingerprint density at radius 3 is 2.89 bits per heavy atom. The Bertz CT molecular complexity index is 636. The fourth-order valence-corrected chi connectivity index (χ4v) is 1.74. The lowest BCUT2D eigenvalue weighted by Crippen LogP contribution is -2.03. The van der Waals surface area contributed by atoms with Gasteiger partial charge in [0.1, 0.15) is 11.5 Å². The monoisotopic (exact) mass is 234 g/mol. The van der Waals surface area contributed by atoms with Crippen LogP contribution < -0.4 is 4.74 Å². The van der Waals surface area contributed by atoms with Gasteiger partial charge in [-0.15, -0.1) is 0 Å². The smallest absolute Gasteiger partial charge is 0.269 e. The second-order valence-electron chi connectivity index (χ2n) is 3.63. The van der Waals surface area contributed by atoms with Crippen molar-refractivity contribution in [1.29, 1.82) is 5.26 Å². The molecule has 86 valence electrons. The van der Waals surface area contributed by atoms with Crippen LogP contribution in [-0.4, -0.2) is 0 Å². The van der Waals surface area contributed by atoms with E-state index in [1.54, 1.807) is 12.2 Å². The molecule has 0 bridgehead atoms. The van der Waals surface area contributed by atoms with E-state index in [-0.39, 0.29) is 5.70 Å². The van der Waals surface area contributed by atoms with E-state index in [9.17, 15) is 0 Å². The van der Waals surface area contributed by atoms with Crippen molar-refractivity contribution in [2.75, 3.05) is 0 Å². The van der Waals surface area contributed by atoms with Crippen molar-refractivity contribution in [3.63, 3.8) is 0 Å². The Labute approximate surface area is 106 Å². The Kier molecular flexibility index (Phi) is 3.27. The molecule has 0 radical (unpaired) electrons. The van der Waals surface area contributed by atoms with Crippen molar-refractivity contribution in [3.05, 3.63) is 70.9 Å². The van der Waals surface area contributed by atoms with Crippen LogP contribution in [0.4, 0.5) is 0 Å². The van der Waals surface area contributed by atoms with Gasteiger partial charge in [0.2, 0.25) is 0 Å². The summed E-state index contributed by atoms with van der Waals surface area (Å²) in [6.07, 6.45) is 5.37. The molecule has 1 aromatic carbocycles. The minimum absolute atomic E-state index is 0.0766. The fraction of sp³-hybridized carbons (Fsp3) is 0.0667. The standard InChI is InChI=1S/C15H10N2O/c1-3-6-11-9-13(14(10-16)17-2)12-7-4-5-8-15(12)18-11/h3-9H,1H3/b6-3+,14-13-. The highest BCUT2D eigenvalue weighted by Crippen LogP contribution is 2.35. The second-order valence-corrected chi connectivity index (χ2v) is 3.63. The van der Waals surface area contributed by atoms with Gasteiger partial charge in [0.15, 0.2) is 0 Å². The van der Waals surface area contributed by atoms with Gasteiger partial charge in [-0.05, 0) is 25.1 Å². The maximum Gasteiger partial charge on any atom is 0.269 e. The van der Waals surface area contributed by atoms with Gasteiger partial charge in [0, 0.05) is 11.1 Å². The van der Waals surface area contributed by atoms with Crippen molar-refractivity contribution in [2.24, 2.45) is 0 Å². The third kappa shape index (κ3) is 2.03. The molecule has 0 spiro atoms. The fourth-order valence-electron chi connectivity index (χ4n) is 1.74. The highest BCUT2D eigenvalue weighted by molar-refractivity contribution is 5.85. The molecular formula is C15H10N2O. The molecule has 0 atom stereocenters. The van der Waals surface area contributed by atoms with Crippen LogP contribution in [-0.2, 0) is 0 Å². The Morgan fingerprint density at radius 1 is 1.44 bits per heavy atom. The van der Waals surface area contributed by atoms with E-state index < -0.39 is 0 Å². The zero-order valence-electron chi connectivity index (χ0n) is 9.84. The van der Waals surface area contributed by atoms with Crippen molar-refractivity contribution in [2.45, 2.75) is 6.92 Å². The van der Waals surface area contributed by atoms with Crippen molar-refractivity contribution >= 4 is 5.57 Å². The third-order valence-corrected chi connectivity index (χ3v) is 2.50. The lowest BCUT2D eigenvalue weighted by molar-refractivity contribution is 0.439. The maximum absolute atomic E-state index is 9.01. The van der Waals surface area contributed by atoms with Crippen LogP contribution >= 0.6 is 0 Å². The van der Waals surface area contributed by atoms with Gasteiger partial charge in [-0.2, -0.15) is 0 Å². The van der Waals surface area contributed by atoms with Gasteiger partial charge in [-0.1, -0.05) is 24.3 Å². The number of nitrogens with zero attached hydrogens (tertiary/aromatic N) is 2. The van der Waals surface area contributed by atoms with E-state index in [1.165, 1.54) is 0 Å². The molecule has 2 rings (SSSR count). The largest absolute Gasteiger partial charge is 0.457 e. The Morgan fingerprint density at radius 2 is 2.22 bits per heavy atom. The second kappa shape index (κ2) is 5.03. The van der Waals surface area contributed by atoms with E-state index in [0.29, 0.717) is 17.1 Å². The number of rotatable bonds is 1. The average molecular weight is 234 g/mol. The third-order valence-electron chi connectivity index (χ3n) is 2.50. The predicted molar refractivity (Wildman–Crippen MR) is 69.1 cm³/mol. The summed E-state index contributed by atoms with van der Waals surface area (Å²) >= 11 is 0. The topological polar surface area (TPSA) is 37.4 Å². The molecule has 0 amide bonds. The molecule has 1 heterocycles. The van der Waals surface area contributed by atoms with Gasteiger partial charge < -0.3 is 4.74 Å². The van der Waals surface area contributed by atoms with E-state index in [1.807, 2.05) is 43.3 Å². The van der Waals surface area contributed by atoms with Crippen LogP contribution in [0.1, 0.15) is 12.5 Å². The molecule has 1 aliphatic heterocycles. The summed E-state index contributed by atoms with van der Waals surface area (Å²) in [5.41, 5.74) is 1.47. The number of allylic oxidation sites excluding steroid dienone is 5. The first-order valence-corrected chi connectivity index (χ1v) is 5.43. The molecule has 1 aromatic rings. The van der Waals surface area contributed by atoms with Crippen molar-refractivity contribution in [1.82, 2.24) is 0 Å². The molecule has 0 aromatic heterocycles. The van der Waals surface area contributed by atoms with Gasteiger partial charge in [0.05, 0.1) is 12.6 Å². The quantitative estimate of drug-likeness (QED) is 0.549. The summed E-state index contributed by atoms with van der Waals surface area (Å²) in [6.45, 7) is 8.94. The van der Waals surface area contributed by atoms with Gasteiger partial charge in [-0.3, -0.25) is 0 Å². The molecule has 0 aliphatic carbocycles. The summed E-state index contributed by atoms with van der Waals surface area (Å²) in [4.78, 5) is 3.27. The highest BCUT2D eigenvalue weighted by atomic mass is 16.5. The number of benzene rings is 1. The Balaban J connectivity index is 2.68. The lowest BCUT2D eigenvalue weighted by Gasteiger charge is -2.18. The first-order chi connectivity index (χ1) is 8.80. The van der Waals surface area contributed by atoms with Gasteiger partial charge in [0.25, 0.3) is 5.70 Å². The minimum Gasteiger partial charge on any atom is -0.457 e. The normalized spacial score (nSPS) is 16.1. The van der Waals surface area contributed by atoms with E-state index in [2.05, 4.69) is 4.85 Å². The first-order valence-electron chi connectivity index (χ1n) is 5.43. The first kappa shape index (κ1) is 11.7. The SMILES string of the molecule is [C-]#[N+]/C(C#N)=C1C=C(/C=C/C)Oc2ccccc2/1. The maximum atomic E-state index is 9.01. The molecule has 0 fully saturated rings. The number of hydrogen-bond donors (Lipinski definition) is 0. The number of para-hydroxylation sites is 1. The number of nitriles is 1. The summed E-state index contributed by atoms with van der Waals surface area (Å²) in [5.74, 6) is 1.29. The van der Waals surface area contributed by atoms with Crippen molar-refractivity contribution < 1.29 is 4.74 Å². The molecule has 0 saturated heterocycles. The van der Waals surface area contributed by atoms with Crippen LogP contribution in [0.15, 0.2) is 53.9 Å². The van der Waals surface area contributed by atoms with Crippen molar-refractivity contribution in [3.8, 4) is 11.8 Å². The molecule has 0 N–H and O–H groups in total. The average Bonchev–Trinajstić information content (AvgIpc) is 2.40. The number of hydrogen-bond acceptors (Lipinski definition) is 2. The van der Waals surface area contributed by atoms with E-state index >= 15 is 0 Å². The summed E-state index contributed by atoms with van der Waals surface area (Å²) in [7, 11) is 0. The summed E-state index contributed by atoms with van der Waals surface area (Å²) in [6, 6.07) is 9.31. The van der Waals surface area contributed by atoms with Crippen LogP contribution in [0.2, 0.25) is 0 Å². The number of ether oxygens (including phenoxy) is 1. The molecule has 0 unspecified atom stereocenters. The van der Waals surface area contributed by atoms with Gasteiger partial charge >= 0.3 is 0 Å². The zero-order chi connectivity index (χ0) is 13.0. The summed E-state index contributed by atoms with van der Waals surface area (Å²) in [5, 5.41) is 9.01. The van der Waals surface area contributed by atoms with Gasteiger partial charge in [-0.25, -0.2) is 10.1 Å². The highest BCUT2D eigenvalue weighted by Gasteiger charge is 2.18. The molecule has 0 saturated carbocycles. The van der Waals surface area contributed by atoms with Crippen LogP contribution in [0, 0.1) is 17.9 Å². The number of fused-ring (bicyclic) bond motifs is 1. The van der Waals surface area contributed by atoms with Crippen LogP contribution in [0.3, 0.4) is 0 Å².